The molecule has 1 atom stereocenters. The number of nitrogens with one attached hydrogen (secondary N) is 2. The summed E-state index contributed by atoms with van der Waals surface area (Å²) in [6.07, 6.45) is 0. The number of carbonyl (C=O) groups is 2. The van der Waals surface area contributed by atoms with Crippen molar-refractivity contribution in [2.75, 3.05) is 17.4 Å². The lowest BCUT2D eigenvalue weighted by Crippen LogP contribution is -2.31. The Labute approximate surface area is 138 Å². The molecule has 0 unspecified atom stereocenters. The molecule has 24 heavy (non-hydrogen) atoms. The first-order valence-electron chi connectivity index (χ1n) is 7.40. The van der Waals surface area contributed by atoms with E-state index in [1.165, 1.54) is 0 Å². The van der Waals surface area contributed by atoms with Gasteiger partial charge in [0.2, 0.25) is 18.6 Å². The van der Waals surface area contributed by atoms with Gasteiger partial charge >= 0.3 is 0 Å². The Hall–Kier alpha value is -3.22. The molecule has 7 nitrogen and oxygen atoms in total. The first-order chi connectivity index (χ1) is 11.5. The largest absolute Gasteiger partial charge is 0.454 e. The molecule has 2 amide bonds. The molecule has 0 aliphatic carbocycles. The van der Waals surface area contributed by atoms with E-state index in [1.807, 2.05) is 0 Å². The average molecular weight is 327 g/mol. The molecule has 0 bridgehead atoms. The summed E-state index contributed by atoms with van der Waals surface area (Å²) in [6, 6.07) is 11.4. The Morgan fingerprint density at radius 1 is 1.08 bits per heavy atom. The molecule has 0 radical (unpaired) electrons. The van der Waals surface area contributed by atoms with Crippen LogP contribution in [0.1, 0.15) is 17.3 Å². The summed E-state index contributed by atoms with van der Waals surface area (Å²) in [5.74, 6) is 0.513. The highest BCUT2D eigenvalue weighted by Gasteiger charge is 2.17. The zero-order valence-corrected chi connectivity index (χ0v) is 13.0. The second kappa shape index (κ2) is 6.49. The molecule has 0 spiro atoms. The van der Waals surface area contributed by atoms with Crippen LogP contribution in [0.3, 0.4) is 0 Å². The lowest BCUT2D eigenvalue weighted by Gasteiger charge is -2.16. The van der Waals surface area contributed by atoms with Gasteiger partial charge in [-0.1, -0.05) is 6.07 Å². The van der Waals surface area contributed by atoms with Crippen molar-refractivity contribution in [3.8, 4) is 11.5 Å². The molecule has 1 heterocycles. The Morgan fingerprint density at radius 2 is 1.88 bits per heavy atom. The zero-order valence-electron chi connectivity index (χ0n) is 13.0. The monoisotopic (exact) mass is 327 g/mol. The predicted octanol–water partition coefficient (Wildman–Crippen LogP) is 1.95. The van der Waals surface area contributed by atoms with E-state index < -0.39 is 11.9 Å². The maximum Gasteiger partial charge on any atom is 0.248 e. The van der Waals surface area contributed by atoms with Crippen LogP contribution >= 0.6 is 0 Å². The second-order valence-corrected chi connectivity index (χ2v) is 5.37. The molecule has 0 aromatic heterocycles. The van der Waals surface area contributed by atoms with Gasteiger partial charge in [0.05, 0.1) is 0 Å². The van der Waals surface area contributed by atoms with Crippen LogP contribution in [0.5, 0.6) is 11.5 Å². The second-order valence-electron chi connectivity index (χ2n) is 5.37. The highest BCUT2D eigenvalue weighted by molar-refractivity contribution is 5.97. The Morgan fingerprint density at radius 3 is 2.67 bits per heavy atom. The van der Waals surface area contributed by atoms with Crippen molar-refractivity contribution in [2.45, 2.75) is 13.0 Å². The number of fused-ring (bicyclic) bond motifs is 1. The van der Waals surface area contributed by atoms with Gasteiger partial charge in [0, 0.05) is 23.0 Å². The summed E-state index contributed by atoms with van der Waals surface area (Å²) in [6.45, 7) is 1.90. The third-order valence-electron chi connectivity index (χ3n) is 3.56. The molecule has 3 rings (SSSR count). The number of nitrogens with two attached hydrogens (primary N) is 1. The minimum absolute atomic E-state index is 0.181. The van der Waals surface area contributed by atoms with Crippen LogP contribution < -0.4 is 25.8 Å². The van der Waals surface area contributed by atoms with Gasteiger partial charge in [-0.25, -0.2) is 0 Å². The SMILES string of the molecule is C[C@H](Nc1cccc(C(N)=O)c1)C(=O)Nc1ccc2c(c1)OCO2. The third kappa shape index (κ3) is 3.40. The van der Waals surface area contributed by atoms with Crippen LogP contribution in [0.4, 0.5) is 11.4 Å². The van der Waals surface area contributed by atoms with Crippen molar-refractivity contribution in [3.05, 3.63) is 48.0 Å². The number of carbonyl (C=O) groups excluding carboxylic acids is 2. The number of hydrogen-bond acceptors (Lipinski definition) is 5. The van der Waals surface area contributed by atoms with Crippen molar-refractivity contribution in [1.82, 2.24) is 0 Å². The molecule has 2 aromatic carbocycles. The van der Waals surface area contributed by atoms with E-state index >= 15 is 0 Å². The van der Waals surface area contributed by atoms with Gasteiger partial charge in [-0.15, -0.1) is 0 Å². The quantitative estimate of drug-likeness (QED) is 0.779. The van der Waals surface area contributed by atoms with E-state index in [0.717, 1.165) is 0 Å². The molecule has 4 N–H and O–H groups in total. The van der Waals surface area contributed by atoms with Crippen LogP contribution in [0, 0.1) is 0 Å². The third-order valence-corrected chi connectivity index (χ3v) is 3.56. The molecule has 1 aliphatic rings. The molecule has 0 saturated carbocycles. The fraction of sp³-hybridized carbons (Fsp3) is 0.176. The van der Waals surface area contributed by atoms with Crippen molar-refractivity contribution in [2.24, 2.45) is 5.73 Å². The van der Waals surface area contributed by atoms with Gasteiger partial charge in [-0.05, 0) is 37.3 Å². The number of amides is 2. The molecule has 7 heteroatoms. The molecule has 0 fully saturated rings. The van der Waals surface area contributed by atoms with Gasteiger partial charge in [-0.2, -0.15) is 0 Å². The number of anilines is 2. The Balaban J connectivity index is 1.64. The summed E-state index contributed by atoms with van der Waals surface area (Å²) in [7, 11) is 0. The topological polar surface area (TPSA) is 103 Å². The lowest BCUT2D eigenvalue weighted by atomic mass is 10.1. The summed E-state index contributed by atoms with van der Waals surface area (Å²) in [5, 5.41) is 5.83. The first kappa shape index (κ1) is 15.7. The summed E-state index contributed by atoms with van der Waals surface area (Å²) < 4.78 is 10.5. The molecular formula is C17H17N3O4. The fourth-order valence-corrected chi connectivity index (χ4v) is 2.30. The minimum atomic E-state index is -0.517. The van der Waals surface area contributed by atoms with Crippen LogP contribution in [0.15, 0.2) is 42.5 Å². The number of rotatable bonds is 5. The van der Waals surface area contributed by atoms with Crippen LogP contribution in [-0.2, 0) is 4.79 Å². The van der Waals surface area contributed by atoms with Gasteiger partial charge in [0.1, 0.15) is 6.04 Å². The van der Waals surface area contributed by atoms with Crippen LogP contribution in [0.25, 0.3) is 0 Å². The number of primary amides is 1. The van der Waals surface area contributed by atoms with Crippen molar-refractivity contribution < 1.29 is 19.1 Å². The maximum absolute atomic E-state index is 12.3. The van der Waals surface area contributed by atoms with E-state index in [1.54, 1.807) is 49.4 Å². The van der Waals surface area contributed by atoms with Crippen molar-refractivity contribution >= 4 is 23.2 Å². The highest BCUT2D eigenvalue weighted by Crippen LogP contribution is 2.34. The van der Waals surface area contributed by atoms with Crippen LogP contribution in [-0.4, -0.2) is 24.6 Å². The van der Waals surface area contributed by atoms with Crippen molar-refractivity contribution in [3.63, 3.8) is 0 Å². The molecule has 124 valence electrons. The Bertz CT molecular complexity index is 791. The van der Waals surface area contributed by atoms with Crippen molar-refractivity contribution in [1.29, 1.82) is 0 Å². The molecule has 2 aromatic rings. The summed E-state index contributed by atoms with van der Waals surface area (Å²) in [5.41, 5.74) is 6.88. The standard InChI is InChI=1S/C17H17N3O4/c1-10(19-12-4-2-3-11(7-12)16(18)21)17(22)20-13-5-6-14-15(8-13)24-9-23-14/h2-8,10,19H,9H2,1H3,(H2,18,21)(H,20,22)/t10-/m0/s1. The van der Waals surface area contributed by atoms with Crippen LogP contribution in [0.2, 0.25) is 0 Å². The van der Waals surface area contributed by atoms with E-state index in [2.05, 4.69) is 10.6 Å². The fourth-order valence-electron chi connectivity index (χ4n) is 2.30. The smallest absolute Gasteiger partial charge is 0.248 e. The Kier molecular flexibility index (Phi) is 4.24. The predicted molar refractivity (Wildman–Crippen MR) is 89.2 cm³/mol. The summed E-state index contributed by atoms with van der Waals surface area (Å²) >= 11 is 0. The minimum Gasteiger partial charge on any atom is -0.454 e. The zero-order chi connectivity index (χ0) is 17.1. The number of hydrogen-bond donors (Lipinski definition) is 3. The van der Waals surface area contributed by atoms with Gasteiger partial charge < -0.3 is 25.8 Å². The van der Waals surface area contributed by atoms with E-state index in [9.17, 15) is 9.59 Å². The lowest BCUT2D eigenvalue weighted by molar-refractivity contribution is -0.116. The number of ether oxygens (including phenoxy) is 2. The van der Waals surface area contributed by atoms with E-state index in [0.29, 0.717) is 28.4 Å². The van der Waals surface area contributed by atoms with Gasteiger partial charge in [0.15, 0.2) is 11.5 Å². The molecule has 0 saturated heterocycles. The molecular weight excluding hydrogens is 310 g/mol. The average Bonchev–Trinajstić information content (AvgIpc) is 3.02. The molecule has 1 aliphatic heterocycles. The first-order valence-corrected chi connectivity index (χ1v) is 7.40. The normalized spacial score (nSPS) is 13.2. The number of benzene rings is 2. The van der Waals surface area contributed by atoms with E-state index in [-0.39, 0.29) is 12.7 Å². The summed E-state index contributed by atoms with van der Waals surface area (Å²) in [4.78, 5) is 23.5. The van der Waals surface area contributed by atoms with Gasteiger partial charge in [-0.3, -0.25) is 9.59 Å². The van der Waals surface area contributed by atoms with Gasteiger partial charge in [0.25, 0.3) is 0 Å². The highest BCUT2D eigenvalue weighted by atomic mass is 16.7. The maximum atomic E-state index is 12.3. The van der Waals surface area contributed by atoms with E-state index in [4.69, 9.17) is 15.2 Å².